The van der Waals surface area contributed by atoms with Crippen LogP contribution in [0.5, 0.6) is 0 Å². The zero-order chi connectivity index (χ0) is 13.9. The fourth-order valence-corrected chi connectivity index (χ4v) is 3.35. The lowest BCUT2D eigenvalue weighted by Gasteiger charge is -2.32. The lowest BCUT2D eigenvalue weighted by molar-refractivity contribution is 0.270. The van der Waals surface area contributed by atoms with Crippen LogP contribution in [-0.4, -0.2) is 37.7 Å². The number of nitrogens with zero attached hydrogens (tertiary/aromatic N) is 1. The largest absolute Gasteiger partial charge is 0.395 e. The Hall–Kier alpha value is -1.18. The van der Waals surface area contributed by atoms with Crippen molar-refractivity contribution in [2.45, 2.75) is 30.8 Å². The molecule has 1 fully saturated rings. The van der Waals surface area contributed by atoms with Crippen LogP contribution in [-0.2, 0) is 10.0 Å². The molecule has 19 heavy (non-hydrogen) atoms. The molecule has 1 saturated carbocycles. The second-order valence-electron chi connectivity index (χ2n) is 4.91. The fourth-order valence-electron chi connectivity index (χ4n) is 2.13. The van der Waals surface area contributed by atoms with E-state index in [1.54, 1.807) is 12.1 Å². The van der Waals surface area contributed by atoms with Crippen LogP contribution in [0.3, 0.4) is 0 Å². The lowest BCUT2D eigenvalue weighted by atomic mass is 9.83. The van der Waals surface area contributed by atoms with E-state index in [2.05, 4.69) is 21.9 Å². The zero-order valence-corrected chi connectivity index (χ0v) is 11.7. The first-order chi connectivity index (χ1) is 9.01. The van der Waals surface area contributed by atoms with E-state index < -0.39 is 10.0 Å². The molecule has 0 spiro atoms. The molecule has 0 bridgehead atoms. The number of pyridine rings is 1. The summed E-state index contributed by atoms with van der Waals surface area (Å²) < 4.78 is 26.9. The molecule has 1 aliphatic carbocycles. The number of anilines is 1. The van der Waals surface area contributed by atoms with Gasteiger partial charge in [-0.05, 0) is 30.9 Å². The summed E-state index contributed by atoms with van der Waals surface area (Å²) in [5, 5.41) is 11.6. The highest BCUT2D eigenvalue weighted by Crippen LogP contribution is 2.27. The van der Waals surface area contributed by atoms with Gasteiger partial charge in [0.1, 0.15) is 5.82 Å². The molecule has 1 heterocycles. The zero-order valence-electron chi connectivity index (χ0n) is 10.8. The van der Waals surface area contributed by atoms with E-state index in [4.69, 9.17) is 5.11 Å². The maximum atomic E-state index is 12.1. The highest BCUT2D eigenvalue weighted by atomic mass is 32.2. The summed E-state index contributed by atoms with van der Waals surface area (Å²) in [6, 6.07) is 4.79. The SMILES string of the molecule is CC1CC(NS(=O)(=O)c2cccc(NCCO)n2)C1. The molecule has 3 N–H and O–H groups in total. The first kappa shape index (κ1) is 14.2. The molecule has 7 heteroatoms. The van der Waals surface area contributed by atoms with E-state index in [9.17, 15) is 8.42 Å². The quantitative estimate of drug-likeness (QED) is 0.710. The highest BCUT2D eigenvalue weighted by Gasteiger charge is 2.30. The normalized spacial score (nSPS) is 22.8. The molecule has 0 atom stereocenters. The number of aliphatic hydroxyl groups excluding tert-OH is 1. The molecule has 0 aromatic carbocycles. The first-order valence-electron chi connectivity index (χ1n) is 6.35. The Bertz CT molecular complexity index is 527. The molecule has 1 aromatic rings. The van der Waals surface area contributed by atoms with Crippen molar-refractivity contribution in [3.05, 3.63) is 18.2 Å². The summed E-state index contributed by atoms with van der Waals surface area (Å²) in [6.45, 7) is 2.41. The molecule has 0 radical (unpaired) electrons. The Balaban J connectivity index is 2.06. The molecule has 0 unspecified atom stereocenters. The van der Waals surface area contributed by atoms with E-state index in [-0.39, 0.29) is 17.7 Å². The van der Waals surface area contributed by atoms with Gasteiger partial charge in [-0.1, -0.05) is 13.0 Å². The Kier molecular flexibility index (Phi) is 4.38. The fraction of sp³-hybridized carbons (Fsp3) is 0.583. The molecule has 0 saturated heterocycles. The molecule has 1 aliphatic rings. The van der Waals surface area contributed by atoms with Gasteiger partial charge in [-0.15, -0.1) is 0 Å². The highest BCUT2D eigenvalue weighted by molar-refractivity contribution is 7.89. The van der Waals surface area contributed by atoms with Crippen LogP contribution in [0.2, 0.25) is 0 Å². The molecule has 0 amide bonds. The van der Waals surface area contributed by atoms with E-state index in [1.807, 2.05) is 0 Å². The van der Waals surface area contributed by atoms with Gasteiger partial charge in [-0.3, -0.25) is 0 Å². The van der Waals surface area contributed by atoms with Crippen molar-refractivity contribution >= 4 is 15.8 Å². The second kappa shape index (κ2) is 5.85. The summed E-state index contributed by atoms with van der Waals surface area (Å²) in [4.78, 5) is 4.04. The van der Waals surface area contributed by atoms with Gasteiger partial charge in [0, 0.05) is 12.6 Å². The maximum absolute atomic E-state index is 12.1. The van der Waals surface area contributed by atoms with E-state index >= 15 is 0 Å². The molecule has 0 aliphatic heterocycles. The van der Waals surface area contributed by atoms with Crippen molar-refractivity contribution < 1.29 is 13.5 Å². The third kappa shape index (κ3) is 3.65. The number of rotatable bonds is 6. The maximum Gasteiger partial charge on any atom is 0.258 e. The third-order valence-corrected chi connectivity index (χ3v) is 4.53. The minimum Gasteiger partial charge on any atom is -0.395 e. The summed E-state index contributed by atoms with van der Waals surface area (Å²) >= 11 is 0. The van der Waals surface area contributed by atoms with Crippen molar-refractivity contribution in [2.24, 2.45) is 5.92 Å². The lowest BCUT2D eigenvalue weighted by Crippen LogP contribution is -2.43. The van der Waals surface area contributed by atoms with Crippen molar-refractivity contribution in [1.29, 1.82) is 0 Å². The monoisotopic (exact) mass is 285 g/mol. The predicted octanol–water partition coefficient (Wildman–Crippen LogP) is 0.563. The van der Waals surface area contributed by atoms with Gasteiger partial charge in [-0.2, -0.15) is 0 Å². The first-order valence-corrected chi connectivity index (χ1v) is 7.83. The predicted molar refractivity (Wildman–Crippen MR) is 72.3 cm³/mol. The van der Waals surface area contributed by atoms with Gasteiger partial charge in [-0.25, -0.2) is 18.1 Å². The third-order valence-electron chi connectivity index (χ3n) is 3.11. The van der Waals surface area contributed by atoms with Crippen LogP contribution in [0.25, 0.3) is 0 Å². The van der Waals surface area contributed by atoms with Crippen LogP contribution < -0.4 is 10.0 Å². The van der Waals surface area contributed by atoms with Crippen molar-refractivity contribution in [1.82, 2.24) is 9.71 Å². The number of sulfonamides is 1. The minimum atomic E-state index is -3.55. The number of aromatic nitrogens is 1. The van der Waals surface area contributed by atoms with Gasteiger partial charge < -0.3 is 10.4 Å². The molecule has 106 valence electrons. The van der Waals surface area contributed by atoms with Crippen LogP contribution in [0.4, 0.5) is 5.82 Å². The summed E-state index contributed by atoms with van der Waals surface area (Å²) in [5.74, 6) is 1.03. The van der Waals surface area contributed by atoms with Crippen molar-refractivity contribution in [3.63, 3.8) is 0 Å². The van der Waals surface area contributed by atoms with E-state index in [0.29, 0.717) is 18.3 Å². The topological polar surface area (TPSA) is 91.3 Å². The molecule has 1 aromatic heterocycles. The van der Waals surface area contributed by atoms with Gasteiger partial charge in [0.05, 0.1) is 6.61 Å². The van der Waals surface area contributed by atoms with Crippen molar-refractivity contribution in [3.8, 4) is 0 Å². The van der Waals surface area contributed by atoms with Crippen molar-refractivity contribution in [2.75, 3.05) is 18.5 Å². The summed E-state index contributed by atoms with van der Waals surface area (Å²) in [7, 11) is -3.55. The van der Waals surface area contributed by atoms with Crippen LogP contribution in [0.1, 0.15) is 19.8 Å². The molecule has 6 nitrogen and oxygen atoms in total. The smallest absolute Gasteiger partial charge is 0.258 e. The van der Waals surface area contributed by atoms with Gasteiger partial charge in [0.2, 0.25) is 0 Å². The number of hydrogen-bond donors (Lipinski definition) is 3. The second-order valence-corrected chi connectivity index (χ2v) is 6.57. The Labute approximate surface area is 113 Å². The Morgan fingerprint density at radius 2 is 2.16 bits per heavy atom. The number of nitrogens with one attached hydrogen (secondary N) is 2. The van der Waals surface area contributed by atoms with E-state index in [0.717, 1.165) is 12.8 Å². The standard InChI is InChI=1S/C12H19N3O3S/c1-9-7-10(8-9)15-19(17,18)12-4-2-3-11(14-12)13-5-6-16/h2-4,9-10,15-16H,5-8H2,1H3,(H,13,14). The Morgan fingerprint density at radius 3 is 2.79 bits per heavy atom. The van der Waals surface area contributed by atoms with Crippen LogP contribution in [0.15, 0.2) is 23.2 Å². The van der Waals surface area contributed by atoms with E-state index in [1.165, 1.54) is 6.07 Å². The van der Waals surface area contributed by atoms with Gasteiger partial charge in [0.25, 0.3) is 10.0 Å². The molecule has 2 rings (SSSR count). The van der Waals surface area contributed by atoms with Gasteiger partial charge in [0.15, 0.2) is 5.03 Å². The minimum absolute atomic E-state index is 0.00925. The number of aliphatic hydroxyl groups is 1. The van der Waals surface area contributed by atoms with Crippen LogP contribution in [0, 0.1) is 5.92 Å². The average Bonchev–Trinajstić information content (AvgIpc) is 2.34. The molecular formula is C12H19N3O3S. The summed E-state index contributed by atoms with van der Waals surface area (Å²) in [6.07, 6.45) is 1.75. The molecular weight excluding hydrogens is 266 g/mol. The number of hydrogen-bond acceptors (Lipinski definition) is 5. The average molecular weight is 285 g/mol. The Morgan fingerprint density at radius 1 is 1.42 bits per heavy atom. The van der Waals surface area contributed by atoms with Crippen LogP contribution >= 0.6 is 0 Å². The van der Waals surface area contributed by atoms with Gasteiger partial charge >= 0.3 is 0 Å². The summed E-state index contributed by atoms with van der Waals surface area (Å²) in [5.41, 5.74) is 0.